The molecule has 6 nitrogen and oxygen atoms in total. The van der Waals surface area contributed by atoms with Crippen LogP contribution in [0, 0.1) is 5.92 Å². The molecule has 1 aliphatic heterocycles. The van der Waals surface area contributed by atoms with Crippen LogP contribution >= 0.6 is 11.3 Å². The van der Waals surface area contributed by atoms with E-state index >= 15 is 0 Å². The van der Waals surface area contributed by atoms with Crippen molar-refractivity contribution >= 4 is 27.3 Å². The molecular weight excluding hydrogens is 310 g/mol. The Bertz CT molecular complexity index is 561. The number of carbonyl (C=O) groups is 1. The summed E-state index contributed by atoms with van der Waals surface area (Å²) in [7, 11) is -3.57. The van der Waals surface area contributed by atoms with Gasteiger partial charge in [-0.2, -0.15) is 0 Å². The van der Waals surface area contributed by atoms with Crippen molar-refractivity contribution in [2.45, 2.75) is 30.0 Å². The highest BCUT2D eigenvalue weighted by Gasteiger charge is 2.25. The number of piperidine rings is 1. The predicted molar refractivity (Wildman–Crippen MR) is 82.5 cm³/mol. The van der Waals surface area contributed by atoms with E-state index < -0.39 is 10.0 Å². The van der Waals surface area contributed by atoms with E-state index in [9.17, 15) is 13.2 Å². The Morgan fingerprint density at radius 2 is 2.19 bits per heavy atom. The first kappa shape index (κ1) is 16.4. The molecule has 1 saturated heterocycles. The molecule has 1 aromatic heterocycles. The smallest absolute Gasteiger partial charge is 0.250 e. The maximum atomic E-state index is 12.1. The van der Waals surface area contributed by atoms with Crippen molar-refractivity contribution in [3.8, 4) is 0 Å². The van der Waals surface area contributed by atoms with Gasteiger partial charge in [0.05, 0.1) is 6.54 Å². The number of rotatable bonds is 5. The van der Waals surface area contributed by atoms with Gasteiger partial charge >= 0.3 is 0 Å². The third-order valence-corrected chi connectivity index (χ3v) is 6.61. The lowest BCUT2D eigenvalue weighted by atomic mass is 9.91. The summed E-state index contributed by atoms with van der Waals surface area (Å²) in [6.45, 7) is 3.08. The van der Waals surface area contributed by atoms with Gasteiger partial charge in [0.25, 0.3) is 10.0 Å². The minimum Gasteiger partial charge on any atom is -0.342 e. The summed E-state index contributed by atoms with van der Waals surface area (Å²) in [5.41, 5.74) is 5.86. The average Bonchev–Trinajstić information content (AvgIpc) is 3.00. The van der Waals surface area contributed by atoms with E-state index in [1.165, 1.54) is 6.07 Å². The lowest BCUT2D eigenvalue weighted by Gasteiger charge is -2.33. The van der Waals surface area contributed by atoms with Gasteiger partial charge in [-0.25, -0.2) is 13.1 Å². The minimum atomic E-state index is -3.57. The monoisotopic (exact) mass is 331 g/mol. The van der Waals surface area contributed by atoms with Crippen molar-refractivity contribution in [2.24, 2.45) is 11.7 Å². The highest BCUT2D eigenvalue weighted by molar-refractivity contribution is 7.91. The van der Waals surface area contributed by atoms with E-state index in [0.717, 1.165) is 24.2 Å². The second-order valence-corrected chi connectivity index (χ2v) is 8.28. The number of hydrogen-bond donors (Lipinski definition) is 2. The van der Waals surface area contributed by atoms with Crippen molar-refractivity contribution in [3.63, 3.8) is 0 Å². The second kappa shape index (κ2) is 6.87. The van der Waals surface area contributed by atoms with E-state index in [-0.39, 0.29) is 22.7 Å². The SMILES string of the molecule is CC(N)C1CCN(C(=O)CNS(=O)(=O)c2cccs2)CC1. The fourth-order valence-electron chi connectivity index (χ4n) is 2.43. The number of carbonyl (C=O) groups excluding carboxylic acids is 1. The summed E-state index contributed by atoms with van der Waals surface area (Å²) in [6.07, 6.45) is 1.75. The number of sulfonamides is 1. The predicted octanol–water partition coefficient (Wildman–Crippen LogP) is 0.612. The van der Waals surface area contributed by atoms with Crippen LogP contribution in [0.3, 0.4) is 0 Å². The second-order valence-electron chi connectivity index (χ2n) is 5.33. The van der Waals surface area contributed by atoms with Gasteiger partial charge in [-0.15, -0.1) is 11.3 Å². The standard InChI is InChI=1S/C13H21N3O3S2/c1-10(14)11-4-6-16(7-5-11)12(17)9-15-21(18,19)13-3-2-8-20-13/h2-3,8,10-11,15H,4-7,9,14H2,1H3. The van der Waals surface area contributed by atoms with E-state index in [0.29, 0.717) is 19.0 Å². The number of nitrogens with one attached hydrogen (secondary N) is 1. The first-order valence-corrected chi connectivity index (χ1v) is 9.33. The van der Waals surface area contributed by atoms with E-state index in [2.05, 4.69) is 4.72 Å². The maximum Gasteiger partial charge on any atom is 0.250 e. The molecule has 1 aromatic rings. The topological polar surface area (TPSA) is 92.5 Å². The molecule has 0 aromatic carbocycles. The Morgan fingerprint density at radius 1 is 1.52 bits per heavy atom. The molecule has 1 unspecified atom stereocenters. The van der Waals surface area contributed by atoms with Crippen LogP contribution in [0.5, 0.6) is 0 Å². The van der Waals surface area contributed by atoms with Crippen LogP contribution < -0.4 is 10.5 Å². The molecule has 21 heavy (non-hydrogen) atoms. The van der Waals surface area contributed by atoms with Crippen LogP contribution in [0.15, 0.2) is 21.7 Å². The number of nitrogens with two attached hydrogens (primary N) is 1. The zero-order valence-corrected chi connectivity index (χ0v) is 13.6. The fourth-order valence-corrected chi connectivity index (χ4v) is 4.44. The van der Waals surface area contributed by atoms with Gasteiger partial charge in [-0.3, -0.25) is 4.79 Å². The fraction of sp³-hybridized carbons (Fsp3) is 0.615. The normalized spacial score (nSPS) is 18.7. The highest BCUT2D eigenvalue weighted by Crippen LogP contribution is 2.19. The summed E-state index contributed by atoms with van der Waals surface area (Å²) < 4.78 is 26.5. The zero-order valence-electron chi connectivity index (χ0n) is 12.0. The highest BCUT2D eigenvalue weighted by atomic mass is 32.2. The largest absolute Gasteiger partial charge is 0.342 e. The lowest BCUT2D eigenvalue weighted by molar-refractivity contribution is -0.131. The van der Waals surface area contributed by atoms with E-state index in [1.807, 2.05) is 6.92 Å². The van der Waals surface area contributed by atoms with Gasteiger partial charge in [-0.05, 0) is 37.1 Å². The van der Waals surface area contributed by atoms with Crippen LogP contribution in [-0.4, -0.2) is 44.9 Å². The molecule has 0 aliphatic carbocycles. The molecule has 2 heterocycles. The van der Waals surface area contributed by atoms with E-state index in [1.54, 1.807) is 16.3 Å². The molecule has 0 spiro atoms. The number of likely N-dealkylation sites (tertiary alicyclic amines) is 1. The first-order chi connectivity index (χ1) is 9.90. The zero-order chi connectivity index (χ0) is 15.5. The summed E-state index contributed by atoms with van der Waals surface area (Å²) in [6, 6.07) is 3.32. The number of thiophene rings is 1. The van der Waals surface area contributed by atoms with Gasteiger partial charge in [0, 0.05) is 19.1 Å². The Hall–Kier alpha value is -0.960. The molecule has 118 valence electrons. The van der Waals surface area contributed by atoms with Crippen molar-refractivity contribution < 1.29 is 13.2 Å². The molecule has 1 fully saturated rings. The van der Waals surface area contributed by atoms with Crippen LogP contribution in [0.1, 0.15) is 19.8 Å². The number of nitrogens with zero attached hydrogens (tertiary/aromatic N) is 1. The third-order valence-electron chi connectivity index (χ3n) is 3.81. The molecule has 1 aliphatic rings. The molecular formula is C13H21N3O3S2. The average molecular weight is 331 g/mol. The summed E-state index contributed by atoms with van der Waals surface area (Å²) in [5.74, 6) is 0.259. The maximum absolute atomic E-state index is 12.1. The first-order valence-electron chi connectivity index (χ1n) is 6.96. The van der Waals surface area contributed by atoms with Crippen molar-refractivity contribution in [3.05, 3.63) is 17.5 Å². The van der Waals surface area contributed by atoms with Gasteiger partial charge in [0.15, 0.2) is 0 Å². The molecule has 2 rings (SSSR count). The van der Waals surface area contributed by atoms with Gasteiger partial charge in [0.2, 0.25) is 5.91 Å². The number of hydrogen-bond acceptors (Lipinski definition) is 5. The molecule has 0 radical (unpaired) electrons. The quantitative estimate of drug-likeness (QED) is 0.827. The Balaban J connectivity index is 1.83. The Morgan fingerprint density at radius 3 is 2.71 bits per heavy atom. The Kier molecular flexibility index (Phi) is 5.37. The van der Waals surface area contributed by atoms with Crippen LogP contribution in [0.2, 0.25) is 0 Å². The van der Waals surface area contributed by atoms with Crippen molar-refractivity contribution in [1.82, 2.24) is 9.62 Å². The third kappa shape index (κ3) is 4.26. The van der Waals surface area contributed by atoms with Crippen LogP contribution in [0.4, 0.5) is 0 Å². The molecule has 1 atom stereocenters. The summed E-state index contributed by atoms with van der Waals surface area (Å²) in [5, 5.41) is 1.69. The number of amides is 1. The molecule has 8 heteroatoms. The lowest BCUT2D eigenvalue weighted by Crippen LogP contribution is -2.46. The van der Waals surface area contributed by atoms with Gasteiger partial charge in [-0.1, -0.05) is 6.07 Å². The van der Waals surface area contributed by atoms with Gasteiger partial charge < -0.3 is 10.6 Å². The van der Waals surface area contributed by atoms with E-state index in [4.69, 9.17) is 5.73 Å². The molecule has 1 amide bonds. The minimum absolute atomic E-state index is 0.139. The van der Waals surface area contributed by atoms with Crippen molar-refractivity contribution in [1.29, 1.82) is 0 Å². The van der Waals surface area contributed by atoms with Gasteiger partial charge in [0.1, 0.15) is 4.21 Å². The summed E-state index contributed by atoms with van der Waals surface area (Å²) in [4.78, 5) is 13.8. The van der Waals surface area contributed by atoms with Crippen LogP contribution in [0.25, 0.3) is 0 Å². The summed E-state index contributed by atoms with van der Waals surface area (Å²) >= 11 is 1.13. The van der Waals surface area contributed by atoms with Crippen molar-refractivity contribution in [2.75, 3.05) is 19.6 Å². The molecule has 0 saturated carbocycles. The van der Waals surface area contributed by atoms with Crippen LogP contribution in [-0.2, 0) is 14.8 Å². The Labute approximate surface area is 129 Å². The molecule has 0 bridgehead atoms. The molecule has 3 N–H and O–H groups in total.